The Kier molecular flexibility index (Phi) is 39.9. The minimum atomic E-state index is -4.41. The summed E-state index contributed by atoms with van der Waals surface area (Å²) in [5.41, 5.74) is 5.36. The van der Waals surface area contributed by atoms with Gasteiger partial charge >= 0.3 is 7.82 Å². The average molecular weight is 799 g/mol. The molecule has 0 saturated heterocycles. The number of nitrogens with two attached hydrogens (primary N) is 1. The van der Waals surface area contributed by atoms with E-state index in [-0.39, 0.29) is 19.6 Å². The number of hydrogen-bond acceptors (Lipinski definition) is 7. The van der Waals surface area contributed by atoms with E-state index in [2.05, 4.69) is 43.5 Å². The summed E-state index contributed by atoms with van der Waals surface area (Å²) in [5, 5.41) is 24.0. The summed E-state index contributed by atoms with van der Waals surface area (Å²) in [7, 11) is -4.41. The Balaban J connectivity index is 4.35. The molecule has 10 heteroatoms. The van der Waals surface area contributed by atoms with Crippen LogP contribution in [0.15, 0.2) is 36.5 Å². The molecule has 0 fully saturated rings. The lowest BCUT2D eigenvalue weighted by Crippen LogP contribution is -2.46. The molecule has 0 radical (unpaired) electrons. The number of hydrogen-bond donors (Lipinski definition) is 5. The lowest BCUT2D eigenvalue weighted by atomic mass is 10.0. The van der Waals surface area contributed by atoms with Gasteiger partial charge in [-0.05, 0) is 57.8 Å². The number of phosphoric ester groups is 1. The number of aliphatic hydroxyl groups excluding tert-OH is 2. The zero-order valence-electron chi connectivity index (χ0n) is 35.5. The summed E-state index contributed by atoms with van der Waals surface area (Å²) in [5.74, 6) is -0.460. The lowest BCUT2D eigenvalue weighted by Gasteiger charge is -2.24. The van der Waals surface area contributed by atoms with Gasteiger partial charge in [0.05, 0.1) is 37.9 Å². The number of aliphatic hydroxyl groups is 2. The fraction of sp³-hybridized carbons (Fsp3) is 0.844. The summed E-state index contributed by atoms with van der Waals surface area (Å²) in [6, 6.07) is -1.00. The minimum absolute atomic E-state index is 0.0435. The molecule has 0 aromatic carbocycles. The fourth-order valence-electron chi connectivity index (χ4n) is 6.54. The molecule has 6 N–H and O–H groups in total. The van der Waals surface area contributed by atoms with E-state index >= 15 is 0 Å². The molecular formula is C45H87N2O7P. The van der Waals surface area contributed by atoms with Crippen molar-refractivity contribution in [3.05, 3.63) is 36.5 Å². The van der Waals surface area contributed by atoms with Crippen molar-refractivity contribution in [2.75, 3.05) is 19.8 Å². The van der Waals surface area contributed by atoms with E-state index in [0.717, 1.165) is 44.9 Å². The Hall–Kier alpha value is -1.32. The van der Waals surface area contributed by atoms with Crippen molar-refractivity contribution in [2.24, 2.45) is 5.73 Å². The standard InChI is InChI=1S/C45H87N2O7P/c1-3-5-7-9-11-13-15-17-19-21-22-24-26-28-30-32-34-36-42(48)40-45(50)47-43(41-54-55(51,52)53-39-38-46)44(49)37-35-33-31-29-27-25-23-20-18-16-14-12-10-8-6-4-2/h21-22,27,29,35,37,42-44,48-49H,3-20,23-26,28,30-34,36,38-41,46H2,1-2H3,(H,47,50)(H,51,52)/b22-21-,29-27+,37-35+. The van der Waals surface area contributed by atoms with E-state index in [0.29, 0.717) is 12.8 Å². The second-order valence-corrected chi connectivity index (χ2v) is 16.9. The van der Waals surface area contributed by atoms with Gasteiger partial charge in [-0.2, -0.15) is 0 Å². The van der Waals surface area contributed by atoms with Crippen LogP contribution in [0.3, 0.4) is 0 Å². The number of amides is 1. The maximum absolute atomic E-state index is 12.8. The van der Waals surface area contributed by atoms with E-state index in [1.54, 1.807) is 6.08 Å². The van der Waals surface area contributed by atoms with Crippen molar-refractivity contribution in [2.45, 2.75) is 225 Å². The van der Waals surface area contributed by atoms with Gasteiger partial charge in [-0.25, -0.2) is 4.57 Å². The Morgan fingerprint density at radius 3 is 1.51 bits per heavy atom. The second kappa shape index (κ2) is 40.9. The normalized spacial score (nSPS) is 14.9. The molecular weight excluding hydrogens is 711 g/mol. The third kappa shape index (κ3) is 39.3. The first kappa shape index (κ1) is 53.7. The van der Waals surface area contributed by atoms with Gasteiger partial charge in [0.15, 0.2) is 0 Å². The van der Waals surface area contributed by atoms with Crippen LogP contribution in [0.25, 0.3) is 0 Å². The fourth-order valence-corrected chi connectivity index (χ4v) is 7.30. The maximum Gasteiger partial charge on any atom is 0.472 e. The summed E-state index contributed by atoms with van der Waals surface area (Å²) in [4.78, 5) is 22.8. The van der Waals surface area contributed by atoms with Crippen LogP contribution in [0.1, 0.15) is 206 Å². The SMILES string of the molecule is CCCCCCCCCC/C=C\CCCCCCCC(O)CC(=O)NC(COP(=O)(O)OCCN)C(O)/C=C/CC/C=C/CCCCCCCCCCCC. The monoisotopic (exact) mass is 799 g/mol. The Bertz CT molecular complexity index is 977. The van der Waals surface area contributed by atoms with Gasteiger partial charge < -0.3 is 26.2 Å². The van der Waals surface area contributed by atoms with Gasteiger partial charge in [-0.3, -0.25) is 13.8 Å². The Labute approximate surface area is 338 Å². The highest BCUT2D eigenvalue weighted by Gasteiger charge is 2.27. The van der Waals surface area contributed by atoms with Gasteiger partial charge in [0.2, 0.25) is 5.91 Å². The molecule has 0 bridgehead atoms. The first-order chi connectivity index (χ1) is 26.8. The van der Waals surface area contributed by atoms with Crippen LogP contribution < -0.4 is 11.1 Å². The van der Waals surface area contributed by atoms with E-state index in [9.17, 15) is 24.5 Å². The molecule has 324 valence electrons. The first-order valence-corrected chi connectivity index (χ1v) is 24.2. The molecule has 0 aliphatic carbocycles. The van der Waals surface area contributed by atoms with Crippen LogP contribution >= 0.6 is 7.82 Å². The number of rotatable bonds is 42. The number of phosphoric acid groups is 1. The third-order valence-electron chi connectivity index (χ3n) is 9.99. The predicted octanol–water partition coefficient (Wildman–Crippen LogP) is 11.7. The van der Waals surface area contributed by atoms with Crippen molar-refractivity contribution >= 4 is 13.7 Å². The van der Waals surface area contributed by atoms with Crippen LogP contribution in [0.5, 0.6) is 0 Å². The summed E-state index contributed by atoms with van der Waals surface area (Å²) >= 11 is 0. The molecule has 0 aromatic rings. The van der Waals surface area contributed by atoms with Crippen molar-refractivity contribution < 1.29 is 33.5 Å². The van der Waals surface area contributed by atoms with Crippen molar-refractivity contribution in [1.82, 2.24) is 5.32 Å². The highest BCUT2D eigenvalue weighted by Crippen LogP contribution is 2.43. The van der Waals surface area contributed by atoms with Crippen LogP contribution in [0.4, 0.5) is 0 Å². The molecule has 0 aliphatic rings. The molecule has 0 saturated carbocycles. The summed E-state index contributed by atoms with van der Waals surface area (Å²) < 4.78 is 22.1. The first-order valence-electron chi connectivity index (χ1n) is 22.7. The lowest BCUT2D eigenvalue weighted by molar-refractivity contribution is -0.124. The third-order valence-corrected chi connectivity index (χ3v) is 11.0. The van der Waals surface area contributed by atoms with Crippen molar-refractivity contribution in [3.8, 4) is 0 Å². The van der Waals surface area contributed by atoms with E-state index in [1.807, 2.05) is 6.08 Å². The molecule has 9 nitrogen and oxygen atoms in total. The van der Waals surface area contributed by atoms with Gasteiger partial charge in [0, 0.05) is 6.54 Å². The number of carbonyl (C=O) groups is 1. The summed E-state index contributed by atoms with van der Waals surface area (Å²) in [6.07, 6.45) is 45.2. The van der Waals surface area contributed by atoms with Crippen LogP contribution in [0, 0.1) is 0 Å². The highest BCUT2D eigenvalue weighted by molar-refractivity contribution is 7.47. The van der Waals surface area contributed by atoms with E-state index in [1.165, 1.54) is 128 Å². The van der Waals surface area contributed by atoms with Gasteiger partial charge in [-0.1, -0.05) is 179 Å². The topological polar surface area (TPSA) is 151 Å². The number of carbonyl (C=O) groups excluding carboxylic acids is 1. The smallest absolute Gasteiger partial charge is 0.393 e. The predicted molar refractivity (Wildman–Crippen MR) is 232 cm³/mol. The average Bonchev–Trinajstić information content (AvgIpc) is 3.16. The Morgan fingerprint density at radius 2 is 1.04 bits per heavy atom. The zero-order chi connectivity index (χ0) is 40.5. The molecule has 0 aliphatic heterocycles. The molecule has 0 rings (SSSR count). The van der Waals surface area contributed by atoms with E-state index < -0.39 is 38.6 Å². The van der Waals surface area contributed by atoms with Crippen molar-refractivity contribution in [3.63, 3.8) is 0 Å². The zero-order valence-corrected chi connectivity index (χ0v) is 36.4. The second-order valence-electron chi connectivity index (χ2n) is 15.4. The van der Waals surface area contributed by atoms with Gasteiger partial charge in [0.1, 0.15) is 0 Å². The molecule has 0 heterocycles. The number of nitrogens with one attached hydrogen (secondary N) is 1. The molecule has 55 heavy (non-hydrogen) atoms. The summed E-state index contributed by atoms with van der Waals surface area (Å²) in [6.45, 7) is 3.95. The molecule has 1 amide bonds. The molecule has 4 atom stereocenters. The Morgan fingerprint density at radius 1 is 0.618 bits per heavy atom. The highest BCUT2D eigenvalue weighted by atomic mass is 31.2. The largest absolute Gasteiger partial charge is 0.472 e. The van der Waals surface area contributed by atoms with Crippen LogP contribution in [-0.4, -0.2) is 59.0 Å². The number of allylic oxidation sites excluding steroid dienone is 5. The quantitative estimate of drug-likeness (QED) is 0.0233. The molecule has 0 spiro atoms. The van der Waals surface area contributed by atoms with E-state index in [4.69, 9.17) is 14.8 Å². The van der Waals surface area contributed by atoms with Crippen molar-refractivity contribution in [1.29, 1.82) is 0 Å². The van der Waals surface area contributed by atoms with Crippen LogP contribution in [-0.2, 0) is 18.4 Å². The maximum atomic E-state index is 12.8. The molecule has 0 aromatic heterocycles. The minimum Gasteiger partial charge on any atom is -0.393 e. The van der Waals surface area contributed by atoms with Crippen LogP contribution in [0.2, 0.25) is 0 Å². The number of unbranched alkanes of at least 4 members (excludes halogenated alkanes) is 24. The molecule has 4 unspecified atom stereocenters. The van der Waals surface area contributed by atoms with Gasteiger partial charge in [-0.15, -0.1) is 0 Å². The van der Waals surface area contributed by atoms with Gasteiger partial charge in [0.25, 0.3) is 0 Å².